The molecule has 6 heteroatoms. The summed E-state index contributed by atoms with van der Waals surface area (Å²) in [7, 11) is -1.54. The van der Waals surface area contributed by atoms with Crippen LogP contribution in [0.4, 0.5) is 0 Å². The molecule has 0 aliphatic rings. The van der Waals surface area contributed by atoms with E-state index in [-0.39, 0.29) is 11.8 Å². The van der Waals surface area contributed by atoms with E-state index < -0.39 is 10.0 Å². The van der Waals surface area contributed by atoms with Crippen LogP contribution in [0.2, 0.25) is 0 Å². The van der Waals surface area contributed by atoms with Gasteiger partial charge in [-0.25, -0.2) is 13.1 Å². The van der Waals surface area contributed by atoms with Gasteiger partial charge in [0.1, 0.15) is 0 Å². The fourth-order valence-corrected chi connectivity index (χ4v) is 3.49. The normalized spacial score (nSPS) is 13.3. The lowest BCUT2D eigenvalue weighted by Crippen LogP contribution is -2.28. The number of rotatable bonds is 5. The zero-order valence-electron chi connectivity index (χ0n) is 11.9. The summed E-state index contributed by atoms with van der Waals surface area (Å²) in [5.41, 5.74) is 2.62. The monoisotopic (exact) mass is 293 g/mol. The predicted molar refractivity (Wildman–Crippen MR) is 78.6 cm³/mol. The van der Waals surface area contributed by atoms with E-state index in [0.717, 1.165) is 16.8 Å². The summed E-state index contributed by atoms with van der Waals surface area (Å²) in [6.45, 7) is 3.75. The molecule has 0 saturated heterocycles. The van der Waals surface area contributed by atoms with E-state index in [4.69, 9.17) is 0 Å². The van der Waals surface area contributed by atoms with Crippen molar-refractivity contribution >= 4 is 10.0 Å². The Morgan fingerprint density at radius 3 is 2.50 bits per heavy atom. The maximum Gasteiger partial charge on any atom is 0.216 e. The Hall–Kier alpha value is -1.66. The summed E-state index contributed by atoms with van der Waals surface area (Å²) in [6.07, 6.45) is 1.70. The van der Waals surface area contributed by atoms with Crippen LogP contribution in [-0.2, 0) is 22.8 Å². The number of hydrogen-bond donors (Lipinski definition) is 1. The Labute approximate surface area is 119 Å². The summed E-state index contributed by atoms with van der Waals surface area (Å²) in [6, 6.07) is 8.85. The second kappa shape index (κ2) is 5.76. The number of aryl methyl sites for hydroxylation is 1. The molecule has 2 aromatic rings. The first kappa shape index (κ1) is 14.7. The Kier molecular flexibility index (Phi) is 4.25. The first-order valence-corrected chi connectivity index (χ1v) is 8.07. The zero-order valence-corrected chi connectivity index (χ0v) is 12.7. The number of nitrogens with one attached hydrogen (secondary N) is 1. The van der Waals surface area contributed by atoms with Crippen LogP contribution >= 0.6 is 0 Å². The number of nitrogens with zero attached hydrogens (tertiary/aromatic N) is 2. The third kappa shape index (κ3) is 3.46. The molecule has 0 amide bonds. The molecule has 20 heavy (non-hydrogen) atoms. The van der Waals surface area contributed by atoms with Gasteiger partial charge in [0.05, 0.1) is 11.9 Å². The topological polar surface area (TPSA) is 64.0 Å². The molecule has 0 aliphatic carbocycles. The van der Waals surface area contributed by atoms with Gasteiger partial charge in [-0.05, 0) is 19.4 Å². The molecule has 2 rings (SSSR count). The predicted octanol–water partition coefficient (Wildman–Crippen LogP) is 1.91. The molecule has 108 valence electrons. The van der Waals surface area contributed by atoms with Gasteiger partial charge in [0.25, 0.3) is 0 Å². The Bertz CT molecular complexity index is 678. The van der Waals surface area contributed by atoms with E-state index in [1.54, 1.807) is 23.0 Å². The molecular weight excluding hydrogens is 274 g/mol. The van der Waals surface area contributed by atoms with E-state index in [0.29, 0.717) is 0 Å². The van der Waals surface area contributed by atoms with Crippen molar-refractivity contribution in [1.82, 2.24) is 14.5 Å². The Morgan fingerprint density at radius 1 is 1.30 bits per heavy atom. The fraction of sp³-hybridized carbons (Fsp3) is 0.357. The lowest BCUT2D eigenvalue weighted by atomic mass is 10.1. The molecule has 0 fully saturated rings. The van der Waals surface area contributed by atoms with E-state index in [2.05, 4.69) is 9.82 Å². The quantitative estimate of drug-likeness (QED) is 0.916. The van der Waals surface area contributed by atoms with Crippen LogP contribution in [0.5, 0.6) is 0 Å². The van der Waals surface area contributed by atoms with Gasteiger partial charge in [0.15, 0.2) is 0 Å². The number of sulfonamides is 1. The van der Waals surface area contributed by atoms with Crippen molar-refractivity contribution in [3.8, 4) is 0 Å². The van der Waals surface area contributed by atoms with E-state index in [9.17, 15) is 8.42 Å². The molecule has 1 atom stereocenters. The van der Waals surface area contributed by atoms with Gasteiger partial charge in [0.2, 0.25) is 10.0 Å². The lowest BCUT2D eigenvalue weighted by Gasteiger charge is -2.14. The van der Waals surface area contributed by atoms with Gasteiger partial charge in [-0.3, -0.25) is 4.68 Å². The lowest BCUT2D eigenvalue weighted by molar-refractivity contribution is 0.565. The first-order valence-electron chi connectivity index (χ1n) is 6.41. The van der Waals surface area contributed by atoms with E-state index in [1.165, 1.54) is 0 Å². The number of hydrogen-bond acceptors (Lipinski definition) is 3. The van der Waals surface area contributed by atoms with Crippen molar-refractivity contribution in [2.45, 2.75) is 25.6 Å². The smallest absolute Gasteiger partial charge is 0.216 e. The summed E-state index contributed by atoms with van der Waals surface area (Å²) >= 11 is 0. The van der Waals surface area contributed by atoms with Crippen LogP contribution in [0.15, 0.2) is 36.5 Å². The van der Waals surface area contributed by atoms with Gasteiger partial charge < -0.3 is 0 Å². The third-order valence-corrected chi connectivity index (χ3v) is 4.72. The van der Waals surface area contributed by atoms with Crippen LogP contribution in [0.3, 0.4) is 0 Å². The van der Waals surface area contributed by atoms with Gasteiger partial charge >= 0.3 is 0 Å². The molecule has 0 radical (unpaired) electrons. The Morgan fingerprint density at radius 2 is 1.95 bits per heavy atom. The summed E-state index contributed by atoms with van der Waals surface area (Å²) in [4.78, 5) is 0. The van der Waals surface area contributed by atoms with E-state index in [1.807, 2.05) is 39.1 Å². The van der Waals surface area contributed by atoms with Crippen LogP contribution in [0, 0.1) is 6.92 Å². The molecular formula is C14H19N3O2S. The van der Waals surface area contributed by atoms with E-state index >= 15 is 0 Å². The van der Waals surface area contributed by atoms with Crippen molar-refractivity contribution in [3.63, 3.8) is 0 Å². The van der Waals surface area contributed by atoms with Crippen molar-refractivity contribution < 1.29 is 8.42 Å². The summed E-state index contributed by atoms with van der Waals surface area (Å²) in [5, 5.41) is 4.13. The minimum Gasteiger partial charge on any atom is -0.273 e. The molecule has 1 unspecified atom stereocenters. The maximum atomic E-state index is 12.2. The molecule has 1 aromatic heterocycles. The van der Waals surface area contributed by atoms with Crippen molar-refractivity contribution in [2.75, 3.05) is 0 Å². The van der Waals surface area contributed by atoms with Gasteiger partial charge in [0, 0.05) is 24.3 Å². The average molecular weight is 293 g/mol. The minimum absolute atomic E-state index is 0.0164. The highest BCUT2D eigenvalue weighted by Gasteiger charge is 2.19. The van der Waals surface area contributed by atoms with Crippen LogP contribution in [-0.4, -0.2) is 18.2 Å². The zero-order chi connectivity index (χ0) is 14.8. The average Bonchev–Trinajstić information content (AvgIpc) is 2.70. The van der Waals surface area contributed by atoms with Crippen LogP contribution in [0.1, 0.15) is 29.8 Å². The Balaban J connectivity index is 2.10. The number of benzene rings is 1. The molecule has 0 spiro atoms. The molecule has 1 N–H and O–H groups in total. The largest absolute Gasteiger partial charge is 0.273 e. The molecule has 1 heterocycles. The summed E-state index contributed by atoms with van der Waals surface area (Å²) in [5.74, 6) is -0.0164. The maximum absolute atomic E-state index is 12.2. The van der Waals surface area contributed by atoms with Crippen molar-refractivity contribution in [1.29, 1.82) is 0 Å². The van der Waals surface area contributed by atoms with Crippen molar-refractivity contribution in [3.05, 3.63) is 53.3 Å². The molecule has 0 aliphatic heterocycles. The molecule has 0 saturated carbocycles. The number of aromatic nitrogens is 2. The molecule has 1 aromatic carbocycles. The third-order valence-electron chi connectivity index (χ3n) is 3.30. The standard InChI is InChI=1S/C14H19N3O2S/c1-11(14-9-15-17(3)12(14)2)16-20(18,19)10-13-7-5-4-6-8-13/h4-9,11,16H,10H2,1-3H3. The van der Waals surface area contributed by atoms with Gasteiger partial charge in [-0.1, -0.05) is 30.3 Å². The summed E-state index contributed by atoms with van der Waals surface area (Å²) < 4.78 is 28.8. The highest BCUT2D eigenvalue weighted by molar-refractivity contribution is 7.88. The second-order valence-corrected chi connectivity index (χ2v) is 6.65. The molecule has 0 bridgehead atoms. The molecule has 5 nitrogen and oxygen atoms in total. The van der Waals surface area contributed by atoms with Gasteiger partial charge in [-0.15, -0.1) is 0 Å². The SMILES string of the molecule is Cc1c(C(C)NS(=O)(=O)Cc2ccccc2)cnn1C. The van der Waals surface area contributed by atoms with Crippen LogP contribution in [0.25, 0.3) is 0 Å². The second-order valence-electron chi connectivity index (χ2n) is 4.89. The first-order chi connectivity index (χ1) is 9.39. The van der Waals surface area contributed by atoms with Gasteiger partial charge in [-0.2, -0.15) is 5.10 Å². The highest BCUT2D eigenvalue weighted by atomic mass is 32.2. The van der Waals surface area contributed by atoms with Crippen LogP contribution < -0.4 is 4.72 Å². The van der Waals surface area contributed by atoms with Crippen molar-refractivity contribution in [2.24, 2.45) is 7.05 Å². The fourth-order valence-electron chi connectivity index (χ4n) is 2.11. The minimum atomic E-state index is -3.38. The highest BCUT2D eigenvalue weighted by Crippen LogP contribution is 2.17.